The van der Waals surface area contributed by atoms with Crippen LogP contribution in [0.3, 0.4) is 0 Å². The Morgan fingerprint density at radius 3 is 3.00 bits per heavy atom. The van der Waals surface area contributed by atoms with Crippen molar-refractivity contribution in [2.75, 3.05) is 0 Å². The van der Waals surface area contributed by atoms with Crippen molar-refractivity contribution < 1.29 is 0 Å². The smallest absolute Gasteiger partial charge is 0.139 e. The average molecular weight is 222 g/mol. The predicted molar refractivity (Wildman–Crippen MR) is 60.4 cm³/mol. The summed E-state index contributed by atoms with van der Waals surface area (Å²) in [4.78, 5) is 8.54. The highest BCUT2D eigenvalue weighted by Gasteiger charge is 2.04. The van der Waals surface area contributed by atoms with Crippen LogP contribution in [0.5, 0.6) is 0 Å². The maximum Gasteiger partial charge on any atom is 0.139 e. The first kappa shape index (κ1) is 10.2. The molecule has 0 saturated carbocycles. The summed E-state index contributed by atoms with van der Waals surface area (Å²) in [5, 5.41) is 0.503. The zero-order valence-corrected chi connectivity index (χ0v) is 9.28. The van der Waals surface area contributed by atoms with Gasteiger partial charge >= 0.3 is 0 Å². The molecule has 0 aromatic carbocycles. The van der Waals surface area contributed by atoms with E-state index in [0.29, 0.717) is 5.15 Å². The number of nitrogens with zero attached hydrogens (tertiary/aromatic N) is 3. The zero-order chi connectivity index (χ0) is 10.7. The average Bonchev–Trinajstić information content (AvgIpc) is 2.66. The number of hydrogen-bond donors (Lipinski definition) is 0. The molecule has 15 heavy (non-hydrogen) atoms. The van der Waals surface area contributed by atoms with Gasteiger partial charge in [-0.25, -0.2) is 9.97 Å². The molecule has 4 heteroatoms. The first-order valence-corrected chi connectivity index (χ1v) is 5.34. The maximum atomic E-state index is 5.85. The van der Waals surface area contributed by atoms with Crippen LogP contribution >= 0.6 is 11.6 Å². The molecule has 0 amide bonds. The monoisotopic (exact) mass is 221 g/mol. The highest BCUT2D eigenvalue weighted by molar-refractivity contribution is 6.29. The molecule has 0 radical (unpaired) electrons. The van der Waals surface area contributed by atoms with Gasteiger partial charge in [0.25, 0.3) is 0 Å². The first-order valence-electron chi connectivity index (χ1n) is 4.96. The molecule has 0 fully saturated rings. The molecule has 0 spiro atoms. The van der Waals surface area contributed by atoms with Gasteiger partial charge in [0.2, 0.25) is 0 Å². The molecular formula is C11H12ClN3. The van der Waals surface area contributed by atoms with Gasteiger partial charge < -0.3 is 0 Å². The minimum atomic E-state index is 0.503. The fraction of sp³-hybridized carbons (Fsp3) is 0.273. The molecule has 2 heterocycles. The van der Waals surface area contributed by atoms with Crippen molar-refractivity contribution in [3.05, 3.63) is 41.6 Å². The number of imidazole rings is 1. The van der Waals surface area contributed by atoms with E-state index in [1.165, 1.54) is 0 Å². The Morgan fingerprint density at radius 1 is 1.40 bits per heavy atom. The van der Waals surface area contributed by atoms with Gasteiger partial charge in [-0.05, 0) is 18.6 Å². The van der Waals surface area contributed by atoms with Crippen LogP contribution in [0.1, 0.15) is 19.2 Å². The lowest BCUT2D eigenvalue weighted by Gasteiger charge is -2.05. The van der Waals surface area contributed by atoms with E-state index in [9.17, 15) is 0 Å². The summed E-state index contributed by atoms with van der Waals surface area (Å²) < 4.78 is 1.97. The largest absolute Gasteiger partial charge is 0.288 e. The van der Waals surface area contributed by atoms with Gasteiger partial charge in [0.15, 0.2) is 0 Å². The van der Waals surface area contributed by atoms with Crippen molar-refractivity contribution >= 4 is 11.6 Å². The fourth-order valence-electron chi connectivity index (χ4n) is 1.48. The topological polar surface area (TPSA) is 30.7 Å². The van der Waals surface area contributed by atoms with E-state index in [-0.39, 0.29) is 0 Å². The van der Waals surface area contributed by atoms with Crippen LogP contribution in [0.15, 0.2) is 30.6 Å². The summed E-state index contributed by atoms with van der Waals surface area (Å²) in [5.41, 5.74) is 0. The highest BCUT2D eigenvalue weighted by atomic mass is 35.5. The number of aromatic nitrogens is 3. The van der Waals surface area contributed by atoms with Gasteiger partial charge in [0.05, 0.1) is 0 Å². The molecule has 0 saturated heterocycles. The number of aryl methyl sites for hydroxylation is 1. The van der Waals surface area contributed by atoms with E-state index < -0.39 is 0 Å². The molecule has 0 N–H and O–H groups in total. The van der Waals surface area contributed by atoms with Gasteiger partial charge in [-0.2, -0.15) is 0 Å². The first-order chi connectivity index (χ1) is 7.31. The van der Waals surface area contributed by atoms with E-state index in [2.05, 4.69) is 16.9 Å². The van der Waals surface area contributed by atoms with Crippen LogP contribution in [-0.2, 0) is 6.42 Å². The molecule has 3 nitrogen and oxygen atoms in total. The Morgan fingerprint density at radius 2 is 2.27 bits per heavy atom. The lowest BCUT2D eigenvalue weighted by molar-refractivity contribution is 0.798. The van der Waals surface area contributed by atoms with Crippen molar-refractivity contribution in [2.24, 2.45) is 0 Å². The molecule has 2 aromatic rings. The fourth-order valence-corrected chi connectivity index (χ4v) is 1.64. The third-order valence-corrected chi connectivity index (χ3v) is 2.35. The van der Waals surface area contributed by atoms with E-state index in [4.69, 9.17) is 11.6 Å². The summed E-state index contributed by atoms with van der Waals surface area (Å²) in [7, 11) is 0. The molecule has 0 atom stereocenters. The van der Waals surface area contributed by atoms with Crippen LogP contribution in [0, 0.1) is 0 Å². The Labute approximate surface area is 93.7 Å². The molecule has 0 unspecified atom stereocenters. The van der Waals surface area contributed by atoms with E-state index in [1.54, 1.807) is 12.3 Å². The minimum absolute atomic E-state index is 0.503. The second-order valence-electron chi connectivity index (χ2n) is 3.28. The zero-order valence-electron chi connectivity index (χ0n) is 8.52. The molecule has 2 aromatic heterocycles. The minimum Gasteiger partial charge on any atom is -0.288 e. The van der Waals surface area contributed by atoms with Gasteiger partial charge in [-0.15, -0.1) is 0 Å². The normalized spacial score (nSPS) is 10.5. The molecule has 0 aliphatic rings. The van der Waals surface area contributed by atoms with Crippen LogP contribution in [0.4, 0.5) is 0 Å². The second-order valence-corrected chi connectivity index (χ2v) is 3.67. The maximum absolute atomic E-state index is 5.85. The summed E-state index contributed by atoms with van der Waals surface area (Å²) >= 11 is 5.85. The van der Waals surface area contributed by atoms with Gasteiger partial charge in [0.1, 0.15) is 16.8 Å². The van der Waals surface area contributed by atoms with Crippen molar-refractivity contribution in [3.8, 4) is 5.82 Å². The summed E-state index contributed by atoms with van der Waals surface area (Å²) in [6.07, 6.45) is 5.70. The van der Waals surface area contributed by atoms with Crippen molar-refractivity contribution in [2.45, 2.75) is 19.8 Å². The van der Waals surface area contributed by atoms with E-state index in [0.717, 1.165) is 24.5 Å². The van der Waals surface area contributed by atoms with Crippen LogP contribution in [0.25, 0.3) is 5.82 Å². The summed E-state index contributed by atoms with van der Waals surface area (Å²) in [5.74, 6) is 1.84. The van der Waals surface area contributed by atoms with E-state index in [1.807, 2.05) is 22.9 Å². The third kappa shape index (κ3) is 2.18. The Hall–Kier alpha value is -1.35. The van der Waals surface area contributed by atoms with Gasteiger partial charge in [-0.3, -0.25) is 4.57 Å². The lowest BCUT2D eigenvalue weighted by Crippen LogP contribution is -2.02. The standard InChI is InChI=1S/C11H12ClN3/c1-2-4-10-13-7-8-15(10)11-6-3-5-9(12)14-11/h3,5-8H,2,4H2,1H3. The Bertz CT molecular complexity index is 451. The number of halogens is 1. The van der Waals surface area contributed by atoms with Crippen molar-refractivity contribution in [1.29, 1.82) is 0 Å². The van der Waals surface area contributed by atoms with Gasteiger partial charge in [-0.1, -0.05) is 24.6 Å². The molecular weight excluding hydrogens is 210 g/mol. The molecule has 0 aliphatic carbocycles. The second kappa shape index (κ2) is 4.45. The SMILES string of the molecule is CCCc1nccn1-c1cccc(Cl)n1. The number of rotatable bonds is 3. The van der Waals surface area contributed by atoms with Crippen LogP contribution in [0.2, 0.25) is 5.15 Å². The number of pyridine rings is 1. The molecule has 0 aliphatic heterocycles. The molecule has 0 bridgehead atoms. The summed E-state index contributed by atoms with van der Waals surface area (Å²) in [6, 6.07) is 5.58. The van der Waals surface area contributed by atoms with Gasteiger partial charge in [0, 0.05) is 18.8 Å². The van der Waals surface area contributed by atoms with Crippen molar-refractivity contribution in [1.82, 2.24) is 14.5 Å². The molecule has 78 valence electrons. The molecule has 2 rings (SSSR count). The number of hydrogen-bond acceptors (Lipinski definition) is 2. The lowest BCUT2D eigenvalue weighted by atomic mass is 10.3. The van der Waals surface area contributed by atoms with E-state index >= 15 is 0 Å². The Kier molecular flexibility index (Phi) is 3.02. The van der Waals surface area contributed by atoms with Crippen LogP contribution in [-0.4, -0.2) is 14.5 Å². The Balaban J connectivity index is 2.40. The predicted octanol–water partition coefficient (Wildman–Crippen LogP) is 2.87. The summed E-state index contributed by atoms with van der Waals surface area (Å²) in [6.45, 7) is 2.13. The third-order valence-electron chi connectivity index (χ3n) is 2.14. The quantitative estimate of drug-likeness (QED) is 0.747. The van der Waals surface area contributed by atoms with Crippen LogP contribution < -0.4 is 0 Å². The van der Waals surface area contributed by atoms with Crippen molar-refractivity contribution in [3.63, 3.8) is 0 Å². The highest BCUT2D eigenvalue weighted by Crippen LogP contribution is 2.12.